The first-order chi connectivity index (χ1) is 5.41. The van der Waals surface area contributed by atoms with Gasteiger partial charge in [-0.25, -0.2) is 13.7 Å². The molecule has 0 amide bonds. The summed E-state index contributed by atoms with van der Waals surface area (Å²) in [4.78, 5) is 40.2. The van der Waals surface area contributed by atoms with Crippen molar-refractivity contribution in [1.82, 2.24) is 0 Å². The number of rotatable bonds is 4. The predicted molar refractivity (Wildman–Crippen MR) is 41.1 cm³/mol. The van der Waals surface area contributed by atoms with Crippen LogP contribution in [-0.4, -0.2) is 24.5 Å². The van der Waals surface area contributed by atoms with Gasteiger partial charge in [-0.1, -0.05) is 0 Å². The monoisotopic (exact) mass is 298 g/mol. The lowest BCUT2D eigenvalue weighted by Crippen LogP contribution is -1.91. The fourth-order valence-electron chi connectivity index (χ4n) is 0.284. The van der Waals surface area contributed by atoms with Gasteiger partial charge in [0, 0.05) is 0 Å². The van der Waals surface area contributed by atoms with E-state index in [1.54, 1.807) is 0 Å². The largest absolute Gasteiger partial charge is 0.490 e. The minimum absolute atomic E-state index is 0. The number of hydrogen-bond acceptors (Lipinski definition) is 5. The molecular weight excluding hydrogens is 291 g/mol. The second kappa shape index (κ2) is 6.12. The van der Waals surface area contributed by atoms with Crippen LogP contribution in [0.3, 0.4) is 0 Å². The number of phosphoric acid groups is 3. The Kier molecular flexibility index (Phi) is 8.42. The Labute approximate surface area is 80.7 Å². The average molecular weight is 298 g/mol. The second-order valence-corrected chi connectivity index (χ2v) is 5.82. The van der Waals surface area contributed by atoms with Gasteiger partial charge < -0.3 is 24.5 Å². The standard InChI is InChI=1S/2FH.H5O10P3/c;;1-11(2,3)9-13(7,8)10-12(4,5)6/h2*1H;(H,7,8)(H2,1,2,3)(H2,4,5,6). The summed E-state index contributed by atoms with van der Waals surface area (Å²) in [6.45, 7) is 0. The third-order valence-electron chi connectivity index (χ3n) is 0.419. The van der Waals surface area contributed by atoms with Crippen LogP contribution < -0.4 is 0 Å². The molecule has 0 aliphatic rings. The van der Waals surface area contributed by atoms with Crippen molar-refractivity contribution in [3.05, 3.63) is 0 Å². The smallest absolute Gasteiger partial charge is 0.302 e. The summed E-state index contributed by atoms with van der Waals surface area (Å²) < 4.78 is 36.4. The second-order valence-electron chi connectivity index (χ2n) is 1.61. The zero-order valence-electron chi connectivity index (χ0n) is 6.44. The minimum Gasteiger partial charge on any atom is -0.302 e. The zero-order valence-corrected chi connectivity index (χ0v) is 9.12. The van der Waals surface area contributed by atoms with E-state index in [-0.39, 0.29) is 9.41 Å². The van der Waals surface area contributed by atoms with E-state index in [9.17, 15) is 13.7 Å². The van der Waals surface area contributed by atoms with Gasteiger partial charge >= 0.3 is 23.5 Å². The molecule has 0 saturated carbocycles. The van der Waals surface area contributed by atoms with Crippen LogP contribution >= 0.6 is 23.5 Å². The molecular formula is H7F2O10P3. The molecule has 0 rings (SSSR count). The van der Waals surface area contributed by atoms with Crippen molar-refractivity contribution in [1.29, 1.82) is 0 Å². The Bertz CT molecular complexity index is 281. The Hall–Kier alpha value is 0.270. The molecule has 15 heteroatoms. The van der Waals surface area contributed by atoms with E-state index < -0.39 is 23.5 Å². The first kappa shape index (κ1) is 20.7. The van der Waals surface area contributed by atoms with Gasteiger partial charge in [0.25, 0.3) is 0 Å². The molecule has 0 fully saturated rings. The SMILES string of the molecule is F.F.O=P(O)(O)OP(=O)(O)OP(=O)(O)O. The molecule has 0 unspecified atom stereocenters. The first-order valence-corrected chi connectivity index (χ1v) is 6.83. The highest BCUT2D eigenvalue weighted by Crippen LogP contribution is 2.64. The van der Waals surface area contributed by atoms with Crippen molar-refractivity contribution < 1.29 is 56.2 Å². The van der Waals surface area contributed by atoms with E-state index in [1.165, 1.54) is 0 Å². The molecule has 0 saturated heterocycles. The van der Waals surface area contributed by atoms with Crippen LogP contribution in [0.1, 0.15) is 0 Å². The van der Waals surface area contributed by atoms with Crippen molar-refractivity contribution in [3.8, 4) is 0 Å². The number of hydrogen-bond donors (Lipinski definition) is 5. The molecule has 0 atom stereocenters. The molecule has 0 spiro atoms. The first-order valence-electron chi connectivity index (χ1n) is 2.28. The summed E-state index contributed by atoms with van der Waals surface area (Å²) in [5.74, 6) is 0. The molecule has 0 bridgehead atoms. The molecule has 5 N–H and O–H groups in total. The minimum atomic E-state index is -5.46. The molecule has 15 heavy (non-hydrogen) atoms. The lowest BCUT2D eigenvalue weighted by molar-refractivity contribution is 0.204. The van der Waals surface area contributed by atoms with Crippen molar-refractivity contribution in [3.63, 3.8) is 0 Å². The van der Waals surface area contributed by atoms with Gasteiger partial charge in [0.05, 0.1) is 0 Å². The van der Waals surface area contributed by atoms with Crippen LogP contribution in [0.25, 0.3) is 0 Å². The lowest BCUT2D eigenvalue weighted by atomic mass is 15.7. The summed E-state index contributed by atoms with van der Waals surface area (Å²) in [5, 5.41) is 0. The van der Waals surface area contributed by atoms with Crippen LogP contribution in [0.4, 0.5) is 9.41 Å². The number of halogens is 2. The maximum Gasteiger partial charge on any atom is 0.490 e. The quantitative estimate of drug-likeness (QED) is 0.430. The third kappa shape index (κ3) is 14.3. The van der Waals surface area contributed by atoms with Crippen LogP contribution in [0.5, 0.6) is 0 Å². The third-order valence-corrected chi connectivity index (χ3v) is 3.77. The van der Waals surface area contributed by atoms with E-state index in [1.807, 2.05) is 0 Å². The van der Waals surface area contributed by atoms with Gasteiger partial charge in [0.1, 0.15) is 0 Å². The van der Waals surface area contributed by atoms with Gasteiger partial charge in [-0.3, -0.25) is 9.41 Å². The van der Waals surface area contributed by atoms with E-state index in [0.717, 1.165) is 0 Å². The molecule has 0 aromatic heterocycles. The van der Waals surface area contributed by atoms with Crippen LogP contribution in [-0.2, 0) is 22.3 Å². The maximum absolute atomic E-state index is 10.4. The summed E-state index contributed by atoms with van der Waals surface area (Å²) in [6.07, 6.45) is 0. The fourth-order valence-corrected chi connectivity index (χ4v) is 2.82. The fraction of sp³-hybridized carbons (Fsp3) is 0. The molecule has 0 aromatic carbocycles. The van der Waals surface area contributed by atoms with E-state index in [4.69, 9.17) is 24.5 Å². The van der Waals surface area contributed by atoms with E-state index in [0.29, 0.717) is 0 Å². The van der Waals surface area contributed by atoms with Crippen LogP contribution in [0.15, 0.2) is 0 Å². The van der Waals surface area contributed by atoms with Crippen LogP contribution in [0, 0.1) is 0 Å². The van der Waals surface area contributed by atoms with Gasteiger partial charge in [0.2, 0.25) is 0 Å². The summed E-state index contributed by atoms with van der Waals surface area (Å²) in [5.41, 5.74) is 0. The summed E-state index contributed by atoms with van der Waals surface area (Å²) in [6, 6.07) is 0. The lowest BCUT2D eigenvalue weighted by Gasteiger charge is -2.11. The molecule has 0 aliphatic heterocycles. The molecule has 0 aromatic rings. The predicted octanol–water partition coefficient (Wildman–Crippen LogP) is -0.390. The maximum atomic E-state index is 10.4. The molecule has 0 heterocycles. The Morgan fingerprint density at radius 3 is 1.00 bits per heavy atom. The highest BCUT2D eigenvalue weighted by atomic mass is 31.3. The zero-order chi connectivity index (χ0) is 10.9. The Morgan fingerprint density at radius 2 is 0.867 bits per heavy atom. The van der Waals surface area contributed by atoms with Gasteiger partial charge in [-0.15, -0.1) is 0 Å². The molecule has 96 valence electrons. The van der Waals surface area contributed by atoms with Crippen molar-refractivity contribution in [2.45, 2.75) is 0 Å². The molecule has 0 aliphatic carbocycles. The normalized spacial score (nSPS) is 12.6. The van der Waals surface area contributed by atoms with Gasteiger partial charge in [-0.2, -0.15) is 8.62 Å². The van der Waals surface area contributed by atoms with Crippen molar-refractivity contribution >= 4 is 23.5 Å². The highest BCUT2D eigenvalue weighted by Gasteiger charge is 2.38. The molecule has 0 radical (unpaired) electrons. The topological polar surface area (TPSA) is 171 Å². The summed E-state index contributed by atoms with van der Waals surface area (Å²) >= 11 is 0. The van der Waals surface area contributed by atoms with Crippen molar-refractivity contribution in [2.24, 2.45) is 0 Å². The van der Waals surface area contributed by atoms with E-state index in [2.05, 4.69) is 8.62 Å². The Morgan fingerprint density at radius 1 is 0.667 bits per heavy atom. The Balaban J connectivity index is -0.000000720. The van der Waals surface area contributed by atoms with Gasteiger partial charge in [-0.05, 0) is 0 Å². The van der Waals surface area contributed by atoms with E-state index >= 15 is 0 Å². The van der Waals surface area contributed by atoms with Gasteiger partial charge in [0.15, 0.2) is 0 Å². The van der Waals surface area contributed by atoms with Crippen molar-refractivity contribution in [2.75, 3.05) is 0 Å². The average Bonchev–Trinajstić information content (AvgIpc) is 1.43. The molecule has 10 nitrogen and oxygen atoms in total. The highest BCUT2D eigenvalue weighted by molar-refractivity contribution is 7.66. The van der Waals surface area contributed by atoms with Crippen LogP contribution in [0.2, 0.25) is 0 Å². The summed E-state index contributed by atoms with van der Waals surface area (Å²) in [7, 11) is -16.2.